The lowest BCUT2D eigenvalue weighted by atomic mass is 9.99. The molecule has 0 aliphatic carbocycles. The Labute approximate surface area is 86.6 Å². The summed E-state index contributed by atoms with van der Waals surface area (Å²) in [7, 11) is 0. The van der Waals surface area contributed by atoms with E-state index in [0.717, 1.165) is 32.4 Å². The van der Waals surface area contributed by atoms with Crippen molar-refractivity contribution in [3.8, 4) is 0 Å². The van der Waals surface area contributed by atoms with E-state index in [1.165, 1.54) is 0 Å². The Morgan fingerprint density at radius 3 is 2.50 bits per heavy atom. The molecule has 0 saturated carbocycles. The summed E-state index contributed by atoms with van der Waals surface area (Å²) in [5.41, 5.74) is 5.87. The Bertz CT molecular complexity index is 178. The van der Waals surface area contributed by atoms with Crippen molar-refractivity contribution in [2.24, 2.45) is 10.9 Å². The Kier molecular flexibility index (Phi) is 6.49. The molecule has 0 bridgehead atoms. The summed E-state index contributed by atoms with van der Waals surface area (Å²) in [5.74, 6) is 0. The second-order valence-electron chi connectivity index (χ2n) is 4.09. The van der Waals surface area contributed by atoms with E-state index in [1.54, 1.807) is 0 Å². The summed E-state index contributed by atoms with van der Waals surface area (Å²) in [6.45, 7) is 7.52. The highest BCUT2D eigenvalue weighted by molar-refractivity contribution is 5.90. The first-order valence-corrected chi connectivity index (χ1v) is 5.19. The summed E-state index contributed by atoms with van der Waals surface area (Å²) < 4.78 is 0. The van der Waals surface area contributed by atoms with Gasteiger partial charge in [0.15, 0.2) is 0 Å². The molecule has 0 saturated heterocycles. The average Bonchev–Trinajstić information content (AvgIpc) is 2.16. The van der Waals surface area contributed by atoms with Crippen LogP contribution >= 0.6 is 0 Å². The zero-order valence-electron chi connectivity index (χ0n) is 9.51. The fraction of sp³-hybridized carbons (Fsp3) is 0.900. The van der Waals surface area contributed by atoms with E-state index in [2.05, 4.69) is 10.5 Å². The third-order valence-electron chi connectivity index (χ3n) is 2.50. The average molecular weight is 201 g/mol. The van der Waals surface area contributed by atoms with Gasteiger partial charge in [0, 0.05) is 0 Å². The molecule has 0 aliphatic rings. The third kappa shape index (κ3) is 5.19. The molecule has 0 radical (unpaired) electrons. The molecule has 0 heterocycles. The van der Waals surface area contributed by atoms with Crippen LogP contribution in [-0.4, -0.2) is 29.5 Å². The van der Waals surface area contributed by atoms with Gasteiger partial charge >= 0.3 is 0 Å². The maximum Gasteiger partial charge on any atom is 0.0734 e. The van der Waals surface area contributed by atoms with E-state index in [9.17, 15) is 0 Å². The first-order valence-electron chi connectivity index (χ1n) is 5.19. The first-order chi connectivity index (χ1) is 6.54. The molecule has 0 rings (SSSR count). The largest absolute Gasteiger partial charge is 0.411 e. The Morgan fingerprint density at radius 1 is 1.36 bits per heavy atom. The van der Waals surface area contributed by atoms with Crippen LogP contribution in [0, 0.1) is 0 Å². The van der Waals surface area contributed by atoms with Gasteiger partial charge in [-0.2, -0.15) is 0 Å². The molecular formula is C10H23N3O. The van der Waals surface area contributed by atoms with Crippen molar-refractivity contribution < 1.29 is 5.21 Å². The van der Waals surface area contributed by atoms with Crippen LogP contribution in [0.25, 0.3) is 0 Å². The van der Waals surface area contributed by atoms with Gasteiger partial charge in [-0.25, -0.2) is 0 Å². The van der Waals surface area contributed by atoms with Crippen LogP contribution in [0.2, 0.25) is 0 Å². The summed E-state index contributed by atoms with van der Waals surface area (Å²) in [5, 5.41) is 15.2. The van der Waals surface area contributed by atoms with Crippen molar-refractivity contribution in [1.82, 2.24) is 5.32 Å². The molecule has 4 heteroatoms. The van der Waals surface area contributed by atoms with Crippen LogP contribution in [0.1, 0.15) is 40.0 Å². The monoisotopic (exact) mass is 201 g/mol. The number of oxime groups is 1. The highest BCUT2D eigenvalue weighted by Crippen LogP contribution is 2.05. The molecule has 0 aliphatic heterocycles. The van der Waals surface area contributed by atoms with Crippen molar-refractivity contribution in [1.29, 1.82) is 0 Å². The molecule has 14 heavy (non-hydrogen) atoms. The first kappa shape index (κ1) is 13.4. The number of nitrogens with zero attached hydrogens (tertiary/aromatic N) is 1. The van der Waals surface area contributed by atoms with Crippen molar-refractivity contribution in [2.75, 3.05) is 13.1 Å². The second-order valence-corrected chi connectivity index (χ2v) is 4.09. The predicted octanol–water partition coefficient (Wildman–Crippen LogP) is 1.33. The van der Waals surface area contributed by atoms with Crippen LogP contribution in [0.4, 0.5) is 0 Å². The summed E-state index contributed by atoms with van der Waals surface area (Å²) in [4.78, 5) is 0. The molecule has 4 N–H and O–H groups in total. The molecule has 0 aromatic carbocycles. The molecule has 0 amide bonds. The molecule has 0 unspecified atom stereocenters. The van der Waals surface area contributed by atoms with Crippen molar-refractivity contribution in [2.45, 2.75) is 45.6 Å². The smallest absolute Gasteiger partial charge is 0.0734 e. The van der Waals surface area contributed by atoms with Gasteiger partial charge in [0.05, 0.1) is 11.3 Å². The van der Waals surface area contributed by atoms with E-state index in [-0.39, 0.29) is 5.54 Å². The number of hydrogen-bond donors (Lipinski definition) is 3. The quantitative estimate of drug-likeness (QED) is 0.252. The van der Waals surface area contributed by atoms with Gasteiger partial charge in [-0.3, -0.25) is 0 Å². The van der Waals surface area contributed by atoms with Crippen molar-refractivity contribution in [3.05, 3.63) is 0 Å². The minimum absolute atomic E-state index is 0.225. The van der Waals surface area contributed by atoms with Crippen LogP contribution in [0.3, 0.4) is 0 Å². The van der Waals surface area contributed by atoms with Crippen LogP contribution in [0.5, 0.6) is 0 Å². The Balaban J connectivity index is 3.66. The molecule has 0 aromatic rings. The fourth-order valence-corrected chi connectivity index (χ4v) is 1.10. The van der Waals surface area contributed by atoms with Crippen LogP contribution < -0.4 is 11.1 Å². The molecule has 4 nitrogen and oxygen atoms in total. The Hall–Kier alpha value is -0.610. The molecule has 84 valence electrons. The van der Waals surface area contributed by atoms with Crippen LogP contribution in [-0.2, 0) is 0 Å². The molecule has 0 atom stereocenters. The van der Waals surface area contributed by atoms with Gasteiger partial charge in [-0.05, 0) is 46.7 Å². The van der Waals surface area contributed by atoms with E-state index in [1.807, 2.05) is 20.8 Å². The minimum Gasteiger partial charge on any atom is -0.411 e. The molecular weight excluding hydrogens is 178 g/mol. The standard InChI is InChI=1S/C10H23N3O/c1-9(13-14)10(2,3)12-8-6-4-5-7-11/h12,14H,4-8,11H2,1-3H3/b13-9+. The lowest BCUT2D eigenvalue weighted by Gasteiger charge is -2.25. The van der Waals surface area contributed by atoms with Crippen molar-refractivity contribution in [3.63, 3.8) is 0 Å². The highest BCUT2D eigenvalue weighted by atomic mass is 16.4. The number of rotatable bonds is 7. The topological polar surface area (TPSA) is 70.6 Å². The van der Waals surface area contributed by atoms with E-state index in [4.69, 9.17) is 10.9 Å². The van der Waals surface area contributed by atoms with E-state index < -0.39 is 0 Å². The second kappa shape index (κ2) is 6.79. The normalized spacial score (nSPS) is 13.3. The fourth-order valence-electron chi connectivity index (χ4n) is 1.10. The molecule has 0 fully saturated rings. The van der Waals surface area contributed by atoms with E-state index >= 15 is 0 Å². The lowest BCUT2D eigenvalue weighted by Crippen LogP contribution is -2.46. The number of nitrogens with two attached hydrogens (primary N) is 1. The zero-order chi connectivity index (χ0) is 11.0. The maximum atomic E-state index is 8.64. The number of nitrogens with one attached hydrogen (secondary N) is 1. The van der Waals surface area contributed by atoms with Gasteiger partial charge in [-0.1, -0.05) is 11.6 Å². The SMILES string of the molecule is C/C(=N\O)C(C)(C)NCCCCCN. The van der Waals surface area contributed by atoms with Gasteiger partial charge in [0.25, 0.3) is 0 Å². The van der Waals surface area contributed by atoms with Crippen molar-refractivity contribution >= 4 is 5.71 Å². The van der Waals surface area contributed by atoms with Gasteiger partial charge in [0.1, 0.15) is 0 Å². The van der Waals surface area contributed by atoms with Crippen LogP contribution in [0.15, 0.2) is 5.16 Å². The molecule has 0 spiro atoms. The maximum absolute atomic E-state index is 8.64. The van der Waals surface area contributed by atoms with Gasteiger partial charge in [0.2, 0.25) is 0 Å². The summed E-state index contributed by atoms with van der Waals surface area (Å²) in [6, 6.07) is 0. The van der Waals surface area contributed by atoms with Gasteiger partial charge in [-0.15, -0.1) is 0 Å². The Morgan fingerprint density at radius 2 is 2.00 bits per heavy atom. The zero-order valence-corrected chi connectivity index (χ0v) is 9.51. The lowest BCUT2D eigenvalue weighted by molar-refractivity contribution is 0.310. The van der Waals surface area contributed by atoms with E-state index in [0.29, 0.717) is 5.71 Å². The third-order valence-corrected chi connectivity index (χ3v) is 2.50. The molecule has 0 aromatic heterocycles. The highest BCUT2D eigenvalue weighted by Gasteiger charge is 2.20. The summed E-state index contributed by atoms with van der Waals surface area (Å²) >= 11 is 0. The van der Waals surface area contributed by atoms with Gasteiger partial charge < -0.3 is 16.3 Å². The predicted molar refractivity (Wildman–Crippen MR) is 59.9 cm³/mol. The number of unbranched alkanes of at least 4 members (excludes halogenated alkanes) is 2. The summed E-state index contributed by atoms with van der Waals surface area (Å²) in [6.07, 6.45) is 3.34. The number of hydrogen-bond acceptors (Lipinski definition) is 4. The minimum atomic E-state index is -0.225.